The highest BCUT2D eigenvalue weighted by Crippen LogP contribution is 2.24. The molecule has 102 valence electrons. The molecule has 2 unspecified atom stereocenters. The molecule has 2 atom stereocenters. The summed E-state index contributed by atoms with van der Waals surface area (Å²) in [4.78, 5) is 26.6. The van der Waals surface area contributed by atoms with E-state index in [-0.39, 0.29) is 12.5 Å². The van der Waals surface area contributed by atoms with Crippen molar-refractivity contribution in [2.75, 3.05) is 26.2 Å². The Morgan fingerprint density at radius 3 is 2.44 bits per heavy atom. The lowest BCUT2D eigenvalue weighted by molar-refractivity contribution is -0.137. The number of amides is 2. The summed E-state index contributed by atoms with van der Waals surface area (Å²) in [5.74, 6) is 0.234. The van der Waals surface area contributed by atoms with Crippen molar-refractivity contribution in [3.63, 3.8) is 0 Å². The molecule has 2 fully saturated rings. The van der Waals surface area contributed by atoms with Gasteiger partial charge in [-0.05, 0) is 31.1 Å². The predicted octanol–water partition coefficient (Wildman–Crippen LogP) is 1.63. The maximum atomic E-state index is 12.2. The summed E-state index contributed by atoms with van der Waals surface area (Å²) in [6, 6.07) is 0.150. The minimum Gasteiger partial charge on any atom is -0.481 e. The third kappa shape index (κ3) is 3.15. The molecule has 2 aliphatic rings. The molecule has 0 bridgehead atoms. The van der Waals surface area contributed by atoms with Crippen molar-refractivity contribution in [3.8, 4) is 0 Å². The van der Waals surface area contributed by atoms with Gasteiger partial charge in [0, 0.05) is 32.6 Å². The Bertz CT molecular complexity index is 332. The molecule has 2 aliphatic heterocycles. The van der Waals surface area contributed by atoms with E-state index < -0.39 is 5.97 Å². The van der Waals surface area contributed by atoms with E-state index in [1.165, 1.54) is 0 Å². The van der Waals surface area contributed by atoms with Gasteiger partial charge in [0.2, 0.25) is 0 Å². The van der Waals surface area contributed by atoms with Crippen LogP contribution in [0.2, 0.25) is 0 Å². The van der Waals surface area contributed by atoms with E-state index in [1.54, 1.807) is 0 Å². The van der Waals surface area contributed by atoms with Crippen LogP contribution in [0.4, 0.5) is 4.79 Å². The van der Waals surface area contributed by atoms with E-state index in [2.05, 4.69) is 6.92 Å². The van der Waals surface area contributed by atoms with Gasteiger partial charge in [-0.15, -0.1) is 0 Å². The Hall–Kier alpha value is -1.26. The van der Waals surface area contributed by atoms with Gasteiger partial charge in [-0.2, -0.15) is 0 Å². The number of urea groups is 1. The molecule has 2 heterocycles. The van der Waals surface area contributed by atoms with Gasteiger partial charge in [0.1, 0.15) is 0 Å². The molecule has 0 spiro atoms. The lowest BCUT2D eigenvalue weighted by Gasteiger charge is -2.24. The highest BCUT2D eigenvalue weighted by atomic mass is 16.4. The van der Waals surface area contributed by atoms with Crippen molar-refractivity contribution in [2.45, 2.75) is 32.6 Å². The number of nitrogens with zero attached hydrogens (tertiary/aromatic N) is 2. The quantitative estimate of drug-likeness (QED) is 0.832. The van der Waals surface area contributed by atoms with Gasteiger partial charge in [-0.25, -0.2) is 4.79 Å². The van der Waals surface area contributed by atoms with Crippen molar-refractivity contribution in [2.24, 2.45) is 11.8 Å². The van der Waals surface area contributed by atoms with Crippen LogP contribution in [0.3, 0.4) is 0 Å². The van der Waals surface area contributed by atoms with Crippen LogP contribution in [0.1, 0.15) is 32.6 Å². The molecule has 1 N–H and O–H groups in total. The Labute approximate surface area is 108 Å². The van der Waals surface area contributed by atoms with Crippen LogP contribution in [-0.4, -0.2) is 53.1 Å². The first kappa shape index (κ1) is 13.2. The first-order chi connectivity index (χ1) is 8.56. The maximum absolute atomic E-state index is 12.2. The molecule has 2 rings (SSSR count). The molecule has 0 radical (unpaired) electrons. The van der Waals surface area contributed by atoms with Gasteiger partial charge in [-0.1, -0.05) is 6.92 Å². The van der Waals surface area contributed by atoms with Gasteiger partial charge in [-0.3, -0.25) is 4.79 Å². The molecule has 0 aromatic rings. The first-order valence-electron chi connectivity index (χ1n) is 6.82. The van der Waals surface area contributed by atoms with E-state index in [0.717, 1.165) is 39.0 Å². The van der Waals surface area contributed by atoms with Crippen molar-refractivity contribution in [3.05, 3.63) is 0 Å². The Balaban J connectivity index is 1.77. The third-order valence-corrected chi connectivity index (χ3v) is 4.02. The molecule has 0 aliphatic carbocycles. The summed E-state index contributed by atoms with van der Waals surface area (Å²) < 4.78 is 0. The van der Waals surface area contributed by atoms with Gasteiger partial charge in [0.05, 0.1) is 0 Å². The summed E-state index contributed by atoms with van der Waals surface area (Å²) in [6.45, 7) is 5.43. The fourth-order valence-corrected chi connectivity index (χ4v) is 2.88. The number of hydrogen-bond donors (Lipinski definition) is 1. The number of hydrogen-bond acceptors (Lipinski definition) is 2. The largest absolute Gasteiger partial charge is 0.481 e. The van der Waals surface area contributed by atoms with Crippen LogP contribution in [0, 0.1) is 11.8 Å². The second kappa shape index (κ2) is 5.59. The molecule has 0 aromatic heterocycles. The molecule has 18 heavy (non-hydrogen) atoms. The highest BCUT2D eigenvalue weighted by Gasteiger charge is 2.31. The second-order valence-electron chi connectivity index (χ2n) is 5.66. The topological polar surface area (TPSA) is 60.9 Å². The molecule has 5 nitrogen and oxygen atoms in total. The lowest BCUT2D eigenvalue weighted by Crippen LogP contribution is -2.40. The summed E-state index contributed by atoms with van der Waals surface area (Å²) in [6.07, 6.45) is 2.95. The Kier molecular flexibility index (Phi) is 4.09. The molecule has 5 heteroatoms. The van der Waals surface area contributed by atoms with Crippen molar-refractivity contribution in [1.82, 2.24) is 9.80 Å². The van der Waals surface area contributed by atoms with E-state index in [4.69, 9.17) is 5.11 Å². The van der Waals surface area contributed by atoms with Crippen molar-refractivity contribution < 1.29 is 14.7 Å². The number of carboxylic acids is 1. The second-order valence-corrected chi connectivity index (χ2v) is 5.66. The summed E-state index contributed by atoms with van der Waals surface area (Å²) in [5.41, 5.74) is 0. The number of carbonyl (C=O) groups excluding carboxylic acids is 1. The van der Waals surface area contributed by atoms with Crippen molar-refractivity contribution in [1.29, 1.82) is 0 Å². The number of aliphatic carboxylic acids is 1. The maximum Gasteiger partial charge on any atom is 0.320 e. The van der Waals surface area contributed by atoms with E-state index in [0.29, 0.717) is 18.3 Å². The van der Waals surface area contributed by atoms with Crippen LogP contribution < -0.4 is 0 Å². The fraction of sp³-hybridized carbons (Fsp3) is 0.846. The first-order valence-corrected chi connectivity index (χ1v) is 6.82. The standard InChI is InChI=1S/C13H22N2O3/c1-10-4-6-14(8-10)13(18)15-7-5-11(9-15)2-3-12(16)17/h10-11H,2-9H2,1H3,(H,16,17). The van der Waals surface area contributed by atoms with Crippen LogP contribution in [0.5, 0.6) is 0 Å². The molecule has 2 saturated heterocycles. The van der Waals surface area contributed by atoms with Crippen LogP contribution in [0.15, 0.2) is 0 Å². The van der Waals surface area contributed by atoms with E-state index in [9.17, 15) is 9.59 Å². The van der Waals surface area contributed by atoms with Crippen LogP contribution >= 0.6 is 0 Å². The van der Waals surface area contributed by atoms with Gasteiger partial charge in [0.15, 0.2) is 0 Å². The van der Waals surface area contributed by atoms with Crippen LogP contribution in [0.25, 0.3) is 0 Å². The average Bonchev–Trinajstić information content (AvgIpc) is 2.94. The van der Waals surface area contributed by atoms with E-state index in [1.807, 2.05) is 9.80 Å². The number of carbonyl (C=O) groups is 2. The summed E-state index contributed by atoms with van der Waals surface area (Å²) >= 11 is 0. The van der Waals surface area contributed by atoms with Gasteiger partial charge < -0.3 is 14.9 Å². The summed E-state index contributed by atoms with van der Waals surface area (Å²) in [7, 11) is 0. The fourth-order valence-electron chi connectivity index (χ4n) is 2.88. The Morgan fingerprint density at radius 1 is 1.17 bits per heavy atom. The molecular weight excluding hydrogens is 232 g/mol. The lowest BCUT2D eigenvalue weighted by atomic mass is 10.0. The average molecular weight is 254 g/mol. The monoisotopic (exact) mass is 254 g/mol. The molecule has 0 aromatic carbocycles. The Morgan fingerprint density at radius 2 is 1.83 bits per heavy atom. The zero-order valence-electron chi connectivity index (χ0n) is 11.0. The number of carboxylic acid groups (broad SMARTS) is 1. The van der Waals surface area contributed by atoms with Gasteiger partial charge in [0.25, 0.3) is 0 Å². The summed E-state index contributed by atoms with van der Waals surface area (Å²) in [5, 5.41) is 8.66. The normalized spacial score (nSPS) is 27.8. The van der Waals surface area contributed by atoms with Crippen LogP contribution in [-0.2, 0) is 4.79 Å². The van der Waals surface area contributed by atoms with E-state index >= 15 is 0 Å². The number of rotatable bonds is 3. The molecular formula is C13H22N2O3. The van der Waals surface area contributed by atoms with Crippen molar-refractivity contribution >= 4 is 12.0 Å². The highest BCUT2D eigenvalue weighted by molar-refractivity contribution is 5.75. The predicted molar refractivity (Wildman–Crippen MR) is 67.3 cm³/mol. The SMILES string of the molecule is CC1CCN(C(=O)N2CCC(CCC(=O)O)C2)C1. The van der Waals surface area contributed by atoms with Gasteiger partial charge >= 0.3 is 12.0 Å². The minimum absolute atomic E-state index is 0.150. The zero-order chi connectivity index (χ0) is 13.1. The molecule has 2 amide bonds. The molecule has 0 saturated carbocycles. The third-order valence-electron chi connectivity index (χ3n) is 4.02. The zero-order valence-corrected chi connectivity index (χ0v) is 11.0. The number of likely N-dealkylation sites (tertiary alicyclic amines) is 2. The smallest absolute Gasteiger partial charge is 0.320 e. The minimum atomic E-state index is -0.742.